The first-order valence-electron chi connectivity index (χ1n) is 10.5. The monoisotopic (exact) mass is 415 g/mol. The van der Waals surface area contributed by atoms with Gasteiger partial charge in [-0.05, 0) is 62.4 Å². The first-order chi connectivity index (χ1) is 14.2. The predicted octanol–water partition coefficient (Wildman–Crippen LogP) is 4.19. The molecule has 29 heavy (non-hydrogen) atoms. The molecular formula is C22H29N3O3S. The maximum atomic E-state index is 12.5. The SMILES string of the molecule is CC1CCCN(Cc2csc(NC(=O)c3ccc(OCC4CCCO4)cc3)n2)C1. The minimum absolute atomic E-state index is 0.150. The van der Waals surface area contributed by atoms with Gasteiger partial charge in [0.05, 0.1) is 11.8 Å². The lowest BCUT2D eigenvalue weighted by molar-refractivity contribution is 0.0679. The molecule has 2 aromatic rings. The second kappa shape index (κ2) is 9.69. The number of aromatic nitrogens is 1. The van der Waals surface area contributed by atoms with Crippen LogP contribution in [0.25, 0.3) is 0 Å². The maximum Gasteiger partial charge on any atom is 0.257 e. The van der Waals surface area contributed by atoms with E-state index >= 15 is 0 Å². The summed E-state index contributed by atoms with van der Waals surface area (Å²) in [7, 11) is 0. The molecule has 6 nitrogen and oxygen atoms in total. The number of rotatable bonds is 7. The summed E-state index contributed by atoms with van der Waals surface area (Å²) in [5, 5.41) is 5.60. The van der Waals surface area contributed by atoms with Crippen LogP contribution in [-0.2, 0) is 11.3 Å². The number of nitrogens with zero attached hydrogens (tertiary/aromatic N) is 2. The Morgan fingerprint density at radius 2 is 2.17 bits per heavy atom. The molecule has 0 bridgehead atoms. The van der Waals surface area contributed by atoms with E-state index < -0.39 is 0 Å². The van der Waals surface area contributed by atoms with E-state index in [1.165, 1.54) is 24.2 Å². The zero-order valence-corrected chi connectivity index (χ0v) is 17.7. The first kappa shape index (κ1) is 20.3. The van der Waals surface area contributed by atoms with Crippen molar-refractivity contribution >= 4 is 22.4 Å². The number of benzene rings is 1. The molecule has 1 amide bonds. The van der Waals surface area contributed by atoms with E-state index in [1.807, 2.05) is 17.5 Å². The quantitative estimate of drug-likeness (QED) is 0.735. The van der Waals surface area contributed by atoms with Crippen molar-refractivity contribution in [2.24, 2.45) is 5.92 Å². The van der Waals surface area contributed by atoms with Gasteiger partial charge in [-0.3, -0.25) is 15.0 Å². The minimum atomic E-state index is -0.150. The predicted molar refractivity (Wildman–Crippen MR) is 115 cm³/mol. The number of nitrogens with one attached hydrogen (secondary N) is 1. The third kappa shape index (κ3) is 5.78. The van der Waals surface area contributed by atoms with E-state index in [0.29, 0.717) is 17.3 Å². The highest BCUT2D eigenvalue weighted by molar-refractivity contribution is 7.13. The molecule has 3 heterocycles. The molecule has 0 aliphatic carbocycles. The van der Waals surface area contributed by atoms with Crippen molar-refractivity contribution in [3.8, 4) is 5.75 Å². The fraction of sp³-hybridized carbons (Fsp3) is 0.545. The molecule has 1 aromatic heterocycles. The van der Waals surface area contributed by atoms with Gasteiger partial charge in [-0.2, -0.15) is 0 Å². The molecule has 0 spiro atoms. The highest BCUT2D eigenvalue weighted by Crippen LogP contribution is 2.22. The topological polar surface area (TPSA) is 63.7 Å². The van der Waals surface area contributed by atoms with Crippen LogP contribution in [0, 0.1) is 5.92 Å². The summed E-state index contributed by atoms with van der Waals surface area (Å²) < 4.78 is 11.3. The van der Waals surface area contributed by atoms with Crippen LogP contribution in [0.1, 0.15) is 48.7 Å². The van der Waals surface area contributed by atoms with Crippen molar-refractivity contribution in [3.05, 3.63) is 40.9 Å². The average Bonchev–Trinajstić information content (AvgIpc) is 3.39. The average molecular weight is 416 g/mol. The number of carbonyl (C=O) groups excluding carboxylic acids is 1. The van der Waals surface area contributed by atoms with Gasteiger partial charge in [-0.1, -0.05) is 6.92 Å². The lowest BCUT2D eigenvalue weighted by atomic mass is 10.0. The van der Waals surface area contributed by atoms with Gasteiger partial charge in [0, 0.05) is 30.6 Å². The molecule has 0 radical (unpaired) electrons. The molecular weight excluding hydrogens is 386 g/mol. The van der Waals surface area contributed by atoms with E-state index in [4.69, 9.17) is 9.47 Å². The van der Waals surface area contributed by atoms with Crippen molar-refractivity contribution in [1.82, 2.24) is 9.88 Å². The van der Waals surface area contributed by atoms with Crippen molar-refractivity contribution in [2.75, 3.05) is 31.6 Å². The van der Waals surface area contributed by atoms with Gasteiger partial charge in [0.15, 0.2) is 5.13 Å². The summed E-state index contributed by atoms with van der Waals surface area (Å²) in [4.78, 5) is 19.6. The van der Waals surface area contributed by atoms with E-state index in [1.54, 1.807) is 12.1 Å². The molecule has 4 rings (SSSR count). The fourth-order valence-corrected chi connectivity index (χ4v) is 4.63. The fourth-order valence-electron chi connectivity index (χ4n) is 3.93. The van der Waals surface area contributed by atoms with Gasteiger partial charge in [-0.15, -0.1) is 11.3 Å². The molecule has 2 aliphatic rings. The van der Waals surface area contributed by atoms with Gasteiger partial charge in [0.25, 0.3) is 5.91 Å². The molecule has 2 unspecified atom stereocenters. The summed E-state index contributed by atoms with van der Waals surface area (Å²) >= 11 is 1.48. The number of ether oxygens (including phenoxy) is 2. The third-order valence-electron chi connectivity index (χ3n) is 5.48. The van der Waals surface area contributed by atoms with Crippen LogP contribution in [0.4, 0.5) is 5.13 Å². The molecule has 1 aromatic carbocycles. The lowest BCUT2D eigenvalue weighted by Crippen LogP contribution is -2.33. The summed E-state index contributed by atoms with van der Waals surface area (Å²) in [6.07, 6.45) is 4.90. The third-order valence-corrected chi connectivity index (χ3v) is 6.28. The number of piperidine rings is 1. The van der Waals surface area contributed by atoms with Crippen LogP contribution in [0.2, 0.25) is 0 Å². The van der Waals surface area contributed by atoms with E-state index in [9.17, 15) is 4.79 Å². The van der Waals surface area contributed by atoms with Crippen LogP contribution in [0.5, 0.6) is 5.75 Å². The molecule has 2 atom stereocenters. The zero-order chi connectivity index (χ0) is 20.1. The smallest absolute Gasteiger partial charge is 0.257 e. The summed E-state index contributed by atoms with van der Waals surface area (Å²) in [5.74, 6) is 1.35. The maximum absolute atomic E-state index is 12.5. The van der Waals surface area contributed by atoms with E-state index in [2.05, 4.69) is 22.1 Å². The molecule has 2 fully saturated rings. The largest absolute Gasteiger partial charge is 0.491 e. The van der Waals surface area contributed by atoms with Crippen LogP contribution in [-0.4, -0.2) is 48.2 Å². The second-order valence-corrected chi connectivity index (χ2v) is 8.91. The minimum Gasteiger partial charge on any atom is -0.491 e. The van der Waals surface area contributed by atoms with E-state index in [-0.39, 0.29) is 12.0 Å². The summed E-state index contributed by atoms with van der Waals surface area (Å²) in [5.41, 5.74) is 1.62. The van der Waals surface area contributed by atoms with Crippen molar-refractivity contribution in [1.29, 1.82) is 0 Å². The van der Waals surface area contributed by atoms with Crippen LogP contribution in [0.15, 0.2) is 29.6 Å². The number of likely N-dealkylation sites (tertiary alicyclic amines) is 1. The molecule has 156 valence electrons. The Kier molecular flexibility index (Phi) is 6.79. The number of hydrogen-bond donors (Lipinski definition) is 1. The normalized spacial score (nSPS) is 22.5. The Morgan fingerprint density at radius 1 is 1.31 bits per heavy atom. The van der Waals surface area contributed by atoms with Gasteiger partial charge in [0.1, 0.15) is 12.4 Å². The highest BCUT2D eigenvalue weighted by Gasteiger charge is 2.18. The highest BCUT2D eigenvalue weighted by atomic mass is 32.1. The zero-order valence-electron chi connectivity index (χ0n) is 16.9. The lowest BCUT2D eigenvalue weighted by Gasteiger charge is -2.30. The number of anilines is 1. The second-order valence-electron chi connectivity index (χ2n) is 8.05. The van der Waals surface area contributed by atoms with Gasteiger partial charge in [-0.25, -0.2) is 4.98 Å². The van der Waals surface area contributed by atoms with Gasteiger partial charge >= 0.3 is 0 Å². The number of carbonyl (C=O) groups is 1. The first-order valence-corrected chi connectivity index (χ1v) is 11.4. The Labute approximate surface area is 176 Å². The number of thiazole rings is 1. The summed E-state index contributed by atoms with van der Waals surface area (Å²) in [6.45, 7) is 6.79. The van der Waals surface area contributed by atoms with Crippen molar-refractivity contribution < 1.29 is 14.3 Å². The molecule has 7 heteroatoms. The number of amides is 1. The number of hydrogen-bond acceptors (Lipinski definition) is 6. The Balaban J connectivity index is 1.27. The molecule has 2 saturated heterocycles. The van der Waals surface area contributed by atoms with Crippen LogP contribution >= 0.6 is 11.3 Å². The van der Waals surface area contributed by atoms with Crippen molar-refractivity contribution in [2.45, 2.75) is 45.3 Å². The van der Waals surface area contributed by atoms with Gasteiger partial charge < -0.3 is 9.47 Å². The standard InChI is InChI=1S/C22H29N3O3S/c1-16-4-2-10-25(12-16)13-18-15-29-22(23-18)24-21(26)17-6-8-19(9-7-17)28-14-20-5-3-11-27-20/h6-9,15-16,20H,2-5,10-14H2,1H3,(H,23,24,26). The van der Waals surface area contributed by atoms with Gasteiger partial charge in [0.2, 0.25) is 0 Å². The Morgan fingerprint density at radius 3 is 2.93 bits per heavy atom. The Hall–Kier alpha value is -1.96. The van der Waals surface area contributed by atoms with Crippen LogP contribution < -0.4 is 10.1 Å². The summed E-state index contributed by atoms with van der Waals surface area (Å²) in [6, 6.07) is 7.22. The van der Waals surface area contributed by atoms with E-state index in [0.717, 1.165) is 56.4 Å². The molecule has 2 aliphatic heterocycles. The molecule has 0 saturated carbocycles. The van der Waals surface area contributed by atoms with Crippen molar-refractivity contribution in [3.63, 3.8) is 0 Å². The Bertz CT molecular complexity index is 802. The molecule has 1 N–H and O–H groups in total. The van der Waals surface area contributed by atoms with Crippen LogP contribution in [0.3, 0.4) is 0 Å².